The summed E-state index contributed by atoms with van der Waals surface area (Å²) in [4.78, 5) is 40.2. The number of rotatable bonds is 10. The number of hydrogen-bond acceptors (Lipinski definition) is 4. The van der Waals surface area contributed by atoms with Gasteiger partial charge in [0, 0.05) is 29.3 Å². The van der Waals surface area contributed by atoms with Crippen LogP contribution in [0.2, 0.25) is 0 Å². The summed E-state index contributed by atoms with van der Waals surface area (Å²) in [5.74, 6) is -1.51. The molecule has 3 amide bonds. The Kier molecular flexibility index (Phi) is 9.43. The average Bonchev–Trinajstić information content (AvgIpc) is 3.34. The van der Waals surface area contributed by atoms with Crippen molar-refractivity contribution in [3.05, 3.63) is 82.2 Å². The summed E-state index contributed by atoms with van der Waals surface area (Å²) in [5.41, 5.74) is 8.62. The second-order valence-electron chi connectivity index (χ2n) is 11.0. The van der Waals surface area contributed by atoms with Crippen LogP contribution < -0.4 is 11.1 Å². The van der Waals surface area contributed by atoms with Gasteiger partial charge >= 0.3 is 0 Å². The Labute approximate surface area is 230 Å². The number of hydrogen-bond donors (Lipinski definition) is 3. The molecule has 2 unspecified atom stereocenters. The predicted molar refractivity (Wildman–Crippen MR) is 151 cm³/mol. The van der Waals surface area contributed by atoms with Crippen molar-refractivity contribution in [2.45, 2.75) is 72.4 Å². The van der Waals surface area contributed by atoms with Crippen LogP contribution in [0.5, 0.6) is 0 Å². The molecule has 1 aliphatic rings. The highest BCUT2D eigenvalue weighted by atomic mass is 19.1. The van der Waals surface area contributed by atoms with Gasteiger partial charge in [-0.3, -0.25) is 14.4 Å². The van der Waals surface area contributed by atoms with Crippen LogP contribution in [0.25, 0.3) is 0 Å². The van der Waals surface area contributed by atoms with Gasteiger partial charge in [0.25, 0.3) is 5.91 Å². The molecule has 4 N–H and O–H groups in total. The van der Waals surface area contributed by atoms with Gasteiger partial charge in [0.05, 0.1) is 12.6 Å². The maximum atomic E-state index is 14.0. The third kappa shape index (κ3) is 7.19. The smallest absolute Gasteiger partial charge is 0.251 e. The largest absolute Gasteiger partial charge is 0.366 e. The zero-order chi connectivity index (χ0) is 28.9. The summed E-state index contributed by atoms with van der Waals surface area (Å²) >= 11 is 0. The van der Waals surface area contributed by atoms with Gasteiger partial charge in [0.2, 0.25) is 11.8 Å². The molecule has 2 atom stereocenters. The minimum absolute atomic E-state index is 0.0289. The first-order chi connectivity index (χ1) is 18.3. The maximum absolute atomic E-state index is 14.0. The quantitative estimate of drug-likeness (QED) is 0.293. The minimum Gasteiger partial charge on any atom is -0.366 e. The van der Waals surface area contributed by atoms with Crippen molar-refractivity contribution in [1.82, 2.24) is 10.2 Å². The van der Waals surface area contributed by atoms with Crippen molar-refractivity contribution in [2.24, 2.45) is 11.1 Å². The molecule has 1 saturated heterocycles. The number of benzene rings is 2. The molecule has 0 saturated carbocycles. The summed E-state index contributed by atoms with van der Waals surface area (Å²) < 4.78 is 14.0. The van der Waals surface area contributed by atoms with Gasteiger partial charge in [-0.05, 0) is 85.6 Å². The third-order valence-electron chi connectivity index (χ3n) is 7.81. The summed E-state index contributed by atoms with van der Waals surface area (Å²) in [5, 5.41) is 10.4. The Morgan fingerprint density at radius 2 is 1.90 bits per heavy atom. The van der Waals surface area contributed by atoms with E-state index in [1.54, 1.807) is 31.2 Å². The number of allylic oxidation sites excluding steroid dienone is 1. The lowest BCUT2D eigenvalue weighted by molar-refractivity contribution is -0.135. The van der Waals surface area contributed by atoms with E-state index in [1.807, 2.05) is 17.9 Å². The summed E-state index contributed by atoms with van der Waals surface area (Å²) in [6.45, 7) is 9.60. The van der Waals surface area contributed by atoms with Gasteiger partial charge < -0.3 is 21.4 Å². The number of primary amides is 1. The number of nitrogens with two attached hydrogens (primary N) is 1. The first kappa shape index (κ1) is 29.7. The fourth-order valence-electron chi connectivity index (χ4n) is 5.26. The summed E-state index contributed by atoms with van der Waals surface area (Å²) in [6.07, 6.45) is 4.11. The van der Waals surface area contributed by atoms with Crippen LogP contribution in [0.4, 0.5) is 4.39 Å². The normalized spacial score (nSPS) is 17.7. The highest BCUT2D eigenvalue weighted by molar-refractivity contribution is 6.01. The molecule has 2 aromatic carbocycles. The number of amides is 3. The summed E-state index contributed by atoms with van der Waals surface area (Å²) in [7, 11) is 0. The SMILES string of the molecule is CCC(C)(C)C1CCC(c2cccc(F)c2)N1C(=O)CNC(=O)c1ccc(C/C(=C/C(C)=N)C(N)=O)c(C)c1. The lowest BCUT2D eigenvalue weighted by Crippen LogP contribution is -2.48. The van der Waals surface area contributed by atoms with Crippen molar-refractivity contribution in [1.29, 1.82) is 5.41 Å². The molecular formula is C31H39FN4O3. The van der Waals surface area contributed by atoms with Crippen molar-refractivity contribution >= 4 is 23.4 Å². The van der Waals surface area contributed by atoms with Gasteiger partial charge in [-0.2, -0.15) is 0 Å². The minimum atomic E-state index is -0.593. The highest BCUT2D eigenvalue weighted by Crippen LogP contribution is 2.44. The standard InChI is InChI=1S/C31H39FN4O3/c1-6-31(4,5)27-13-12-26(22-8-7-9-25(32)17-22)36(27)28(37)18-35-30(39)23-11-10-21(19(2)14-23)16-24(29(34)38)15-20(3)33/h7-11,14-15,17,26-27,33H,6,12-13,16,18H2,1-5H3,(H2,34,38)(H,35,39)/b24-15-,33-20?. The monoisotopic (exact) mass is 534 g/mol. The second kappa shape index (κ2) is 12.4. The molecule has 0 aliphatic carbocycles. The zero-order valence-corrected chi connectivity index (χ0v) is 23.4. The van der Waals surface area contributed by atoms with E-state index in [-0.39, 0.29) is 53.8 Å². The molecule has 8 heteroatoms. The first-order valence-electron chi connectivity index (χ1n) is 13.3. The number of likely N-dealkylation sites (tertiary alicyclic amines) is 1. The predicted octanol–water partition coefficient (Wildman–Crippen LogP) is 5.03. The Morgan fingerprint density at radius 3 is 2.49 bits per heavy atom. The van der Waals surface area contributed by atoms with Gasteiger partial charge in [-0.15, -0.1) is 0 Å². The fourth-order valence-corrected chi connectivity index (χ4v) is 5.26. The van der Waals surface area contributed by atoms with Gasteiger partial charge in [-0.1, -0.05) is 39.0 Å². The second-order valence-corrected chi connectivity index (χ2v) is 11.0. The topological polar surface area (TPSA) is 116 Å². The zero-order valence-electron chi connectivity index (χ0n) is 23.4. The molecule has 0 spiro atoms. The summed E-state index contributed by atoms with van der Waals surface area (Å²) in [6, 6.07) is 11.2. The van der Waals surface area contributed by atoms with E-state index >= 15 is 0 Å². The molecule has 1 aliphatic heterocycles. The third-order valence-corrected chi connectivity index (χ3v) is 7.81. The van der Waals surface area contributed by atoms with E-state index in [0.717, 1.165) is 36.0 Å². The van der Waals surface area contributed by atoms with Gasteiger partial charge in [0.1, 0.15) is 5.82 Å². The van der Waals surface area contributed by atoms with Crippen LogP contribution in [-0.4, -0.2) is 40.9 Å². The Balaban J connectivity index is 1.76. The lowest BCUT2D eigenvalue weighted by atomic mass is 9.80. The number of carbonyl (C=O) groups excluding carboxylic acids is 3. The Bertz CT molecular complexity index is 1300. The van der Waals surface area contributed by atoms with Gasteiger partial charge in [-0.25, -0.2) is 4.39 Å². The molecule has 3 rings (SSSR count). The van der Waals surface area contributed by atoms with Crippen LogP contribution in [0.1, 0.15) is 80.0 Å². The van der Waals surface area contributed by atoms with Crippen molar-refractivity contribution < 1.29 is 18.8 Å². The highest BCUT2D eigenvalue weighted by Gasteiger charge is 2.44. The lowest BCUT2D eigenvalue weighted by Gasteiger charge is -2.40. The van der Waals surface area contributed by atoms with Crippen LogP contribution in [-0.2, 0) is 16.0 Å². The molecule has 1 heterocycles. The van der Waals surface area contributed by atoms with E-state index in [2.05, 4.69) is 26.1 Å². The van der Waals surface area contributed by atoms with Crippen LogP contribution in [0.15, 0.2) is 54.1 Å². The Morgan fingerprint density at radius 1 is 1.18 bits per heavy atom. The number of nitrogens with one attached hydrogen (secondary N) is 2. The van der Waals surface area contributed by atoms with E-state index < -0.39 is 5.91 Å². The fraction of sp³-hybridized carbons (Fsp3) is 0.419. The van der Waals surface area contributed by atoms with Crippen molar-refractivity contribution in [2.75, 3.05) is 6.54 Å². The number of carbonyl (C=O) groups is 3. The van der Waals surface area contributed by atoms with E-state index in [9.17, 15) is 18.8 Å². The number of aryl methyl sites for hydroxylation is 1. The van der Waals surface area contributed by atoms with Crippen molar-refractivity contribution in [3.8, 4) is 0 Å². The van der Waals surface area contributed by atoms with Gasteiger partial charge in [0.15, 0.2) is 0 Å². The van der Waals surface area contributed by atoms with E-state index in [4.69, 9.17) is 11.1 Å². The molecular weight excluding hydrogens is 495 g/mol. The number of halogens is 1. The Hall–Kier alpha value is -3.81. The molecule has 2 aromatic rings. The van der Waals surface area contributed by atoms with Crippen LogP contribution in [0, 0.1) is 23.6 Å². The first-order valence-corrected chi connectivity index (χ1v) is 13.3. The van der Waals surface area contributed by atoms with E-state index in [1.165, 1.54) is 18.2 Å². The molecule has 39 heavy (non-hydrogen) atoms. The molecule has 0 radical (unpaired) electrons. The van der Waals surface area contributed by atoms with E-state index in [0.29, 0.717) is 11.1 Å². The molecule has 7 nitrogen and oxygen atoms in total. The van der Waals surface area contributed by atoms with Crippen LogP contribution in [0.3, 0.4) is 0 Å². The van der Waals surface area contributed by atoms with Crippen molar-refractivity contribution in [3.63, 3.8) is 0 Å². The van der Waals surface area contributed by atoms with Crippen LogP contribution >= 0.6 is 0 Å². The number of nitrogens with zero attached hydrogens (tertiary/aromatic N) is 1. The molecule has 208 valence electrons. The molecule has 0 bridgehead atoms. The average molecular weight is 535 g/mol. The molecule has 1 fully saturated rings. The maximum Gasteiger partial charge on any atom is 0.251 e. The molecule has 0 aromatic heterocycles.